The molecule has 8 nitrogen and oxygen atoms in total. The Bertz CT molecular complexity index is 1110. The molecule has 4 rings (SSSR count). The van der Waals surface area contributed by atoms with E-state index in [1.165, 1.54) is 27.0 Å². The second kappa shape index (κ2) is 8.80. The first-order valence-corrected chi connectivity index (χ1v) is 12.4. The molecular formula is C19H20N4O4S3. The van der Waals surface area contributed by atoms with E-state index in [1.54, 1.807) is 48.9 Å². The molecular weight excluding hydrogens is 444 g/mol. The number of rotatable bonds is 6. The van der Waals surface area contributed by atoms with Gasteiger partial charge < -0.3 is 10.1 Å². The largest absolute Gasteiger partial charge is 0.497 e. The summed E-state index contributed by atoms with van der Waals surface area (Å²) in [5, 5.41) is 13.7. The lowest BCUT2D eigenvalue weighted by molar-refractivity contribution is 0.102. The molecule has 2 aromatic heterocycles. The second-order valence-electron chi connectivity index (χ2n) is 6.76. The van der Waals surface area contributed by atoms with Crippen molar-refractivity contribution in [1.82, 2.24) is 14.5 Å². The zero-order valence-electron chi connectivity index (χ0n) is 16.1. The van der Waals surface area contributed by atoms with Crippen molar-refractivity contribution in [1.29, 1.82) is 0 Å². The molecule has 1 aliphatic heterocycles. The number of carbonyl (C=O) groups is 1. The summed E-state index contributed by atoms with van der Waals surface area (Å²) in [4.78, 5) is 12.5. The Labute approximate surface area is 182 Å². The Morgan fingerprint density at radius 3 is 2.73 bits per heavy atom. The van der Waals surface area contributed by atoms with Crippen LogP contribution in [0.5, 0.6) is 5.75 Å². The number of benzene rings is 1. The highest BCUT2D eigenvalue weighted by molar-refractivity contribution is 7.91. The average Bonchev–Trinajstić information content (AvgIpc) is 3.47. The number of ether oxygens (including phenoxy) is 1. The highest BCUT2D eigenvalue weighted by atomic mass is 32.2. The fourth-order valence-corrected chi connectivity index (χ4v) is 6.78. The molecule has 1 aliphatic rings. The van der Waals surface area contributed by atoms with Gasteiger partial charge in [0, 0.05) is 24.7 Å². The van der Waals surface area contributed by atoms with Crippen LogP contribution in [-0.4, -0.2) is 49.0 Å². The minimum absolute atomic E-state index is 0.0754. The van der Waals surface area contributed by atoms with E-state index in [0.717, 1.165) is 12.8 Å². The Kier molecular flexibility index (Phi) is 6.14. The number of hydrogen-bond donors (Lipinski definition) is 1. The van der Waals surface area contributed by atoms with Crippen molar-refractivity contribution in [2.45, 2.75) is 23.0 Å². The van der Waals surface area contributed by atoms with Crippen LogP contribution in [0, 0.1) is 0 Å². The van der Waals surface area contributed by atoms with E-state index in [4.69, 9.17) is 4.74 Å². The van der Waals surface area contributed by atoms with E-state index in [9.17, 15) is 13.2 Å². The first-order chi connectivity index (χ1) is 14.5. The first-order valence-electron chi connectivity index (χ1n) is 9.30. The summed E-state index contributed by atoms with van der Waals surface area (Å²) in [6.45, 7) is 0.829. The third-order valence-corrected chi connectivity index (χ3v) is 9.13. The highest BCUT2D eigenvalue weighted by Crippen LogP contribution is 2.33. The van der Waals surface area contributed by atoms with Crippen LogP contribution in [0.15, 0.2) is 46.0 Å². The zero-order chi connectivity index (χ0) is 21.1. The van der Waals surface area contributed by atoms with Crippen molar-refractivity contribution in [3.63, 3.8) is 0 Å². The smallest absolute Gasteiger partial charge is 0.286 e. The van der Waals surface area contributed by atoms with Gasteiger partial charge in [0.15, 0.2) is 0 Å². The number of thiophene rings is 1. The topological polar surface area (TPSA) is 101 Å². The summed E-state index contributed by atoms with van der Waals surface area (Å²) in [7, 11) is -1.92. The molecule has 158 valence electrons. The lowest BCUT2D eigenvalue weighted by Gasteiger charge is -2.30. The van der Waals surface area contributed by atoms with E-state index < -0.39 is 10.0 Å². The Balaban J connectivity index is 1.44. The third-order valence-electron chi connectivity index (χ3n) is 4.81. The number of anilines is 1. The average molecular weight is 465 g/mol. The van der Waals surface area contributed by atoms with Gasteiger partial charge in [-0.1, -0.05) is 17.4 Å². The molecule has 1 aromatic carbocycles. The van der Waals surface area contributed by atoms with Gasteiger partial charge in [-0.15, -0.1) is 21.5 Å². The molecule has 0 saturated carbocycles. The number of piperidine rings is 1. The Morgan fingerprint density at radius 2 is 2.03 bits per heavy atom. The summed E-state index contributed by atoms with van der Waals surface area (Å²) in [5.41, 5.74) is 0.628. The van der Waals surface area contributed by atoms with Crippen LogP contribution in [0.1, 0.15) is 33.6 Å². The fourth-order valence-electron chi connectivity index (χ4n) is 3.25. The zero-order valence-corrected chi connectivity index (χ0v) is 18.6. The van der Waals surface area contributed by atoms with Gasteiger partial charge in [-0.2, -0.15) is 4.31 Å². The maximum atomic E-state index is 12.8. The van der Waals surface area contributed by atoms with Gasteiger partial charge in [0.25, 0.3) is 15.9 Å². The van der Waals surface area contributed by atoms with Crippen molar-refractivity contribution >= 4 is 44.3 Å². The standard InChI is InChI=1S/C19H20N4O4S3/c1-27-15-8-6-14(7-9-15)20-17(24)19-22-21-18(29-19)13-4-2-10-23(12-13)30(25,26)16-5-3-11-28-16/h3,5-9,11,13H,2,4,10,12H2,1H3,(H,20,24)/t13-/m1/s1. The van der Waals surface area contributed by atoms with Gasteiger partial charge >= 0.3 is 0 Å². The van der Waals surface area contributed by atoms with Crippen molar-refractivity contribution < 1.29 is 17.9 Å². The molecule has 1 amide bonds. The molecule has 3 aromatic rings. The number of methoxy groups -OCH3 is 1. The molecule has 11 heteroatoms. The molecule has 30 heavy (non-hydrogen) atoms. The maximum Gasteiger partial charge on any atom is 0.286 e. The van der Waals surface area contributed by atoms with E-state index >= 15 is 0 Å². The molecule has 0 unspecified atom stereocenters. The Hall–Kier alpha value is -2.34. The van der Waals surface area contributed by atoms with E-state index in [2.05, 4.69) is 15.5 Å². The number of carbonyl (C=O) groups excluding carboxylic acids is 1. The molecule has 1 saturated heterocycles. The van der Waals surface area contributed by atoms with Crippen molar-refractivity contribution in [3.05, 3.63) is 51.8 Å². The fraction of sp³-hybridized carbons (Fsp3) is 0.316. The summed E-state index contributed by atoms with van der Waals surface area (Å²) in [6, 6.07) is 10.4. The number of nitrogens with one attached hydrogen (secondary N) is 1. The van der Waals surface area contributed by atoms with E-state index in [1.807, 2.05) is 0 Å². The molecule has 0 aliphatic carbocycles. The van der Waals surface area contributed by atoms with Crippen molar-refractivity contribution in [3.8, 4) is 5.75 Å². The lowest BCUT2D eigenvalue weighted by Crippen LogP contribution is -2.38. The number of amides is 1. The van der Waals surface area contributed by atoms with Crippen LogP contribution in [0.3, 0.4) is 0 Å². The predicted molar refractivity (Wildman–Crippen MR) is 116 cm³/mol. The monoisotopic (exact) mass is 464 g/mol. The van der Waals surface area contributed by atoms with Crippen LogP contribution in [0.2, 0.25) is 0 Å². The number of nitrogens with zero attached hydrogens (tertiary/aromatic N) is 3. The minimum atomic E-state index is -3.50. The van der Waals surface area contributed by atoms with Gasteiger partial charge in [0.2, 0.25) is 5.01 Å². The van der Waals surface area contributed by atoms with Crippen LogP contribution in [0.4, 0.5) is 5.69 Å². The summed E-state index contributed by atoms with van der Waals surface area (Å²) < 4.78 is 32.6. The van der Waals surface area contributed by atoms with E-state index in [0.29, 0.717) is 33.7 Å². The normalized spacial score (nSPS) is 17.6. The summed E-state index contributed by atoms with van der Waals surface area (Å²) >= 11 is 2.42. The second-order valence-corrected chi connectivity index (χ2v) is 10.9. The van der Waals surface area contributed by atoms with Gasteiger partial charge in [-0.05, 0) is 48.6 Å². The maximum absolute atomic E-state index is 12.8. The molecule has 3 heterocycles. The third kappa shape index (κ3) is 4.38. The Morgan fingerprint density at radius 1 is 1.23 bits per heavy atom. The molecule has 1 atom stereocenters. The van der Waals surface area contributed by atoms with Crippen LogP contribution in [-0.2, 0) is 10.0 Å². The molecule has 1 N–H and O–H groups in total. The van der Waals surface area contributed by atoms with Crippen molar-refractivity contribution in [2.24, 2.45) is 0 Å². The molecule has 0 radical (unpaired) electrons. The quantitative estimate of drug-likeness (QED) is 0.600. The summed E-state index contributed by atoms with van der Waals surface area (Å²) in [6.07, 6.45) is 1.55. The minimum Gasteiger partial charge on any atom is -0.497 e. The van der Waals surface area contributed by atoms with Gasteiger partial charge in [-0.25, -0.2) is 8.42 Å². The molecule has 0 spiro atoms. The van der Waals surface area contributed by atoms with Crippen LogP contribution < -0.4 is 10.1 Å². The van der Waals surface area contributed by atoms with Gasteiger partial charge in [0.1, 0.15) is 15.0 Å². The summed E-state index contributed by atoms with van der Waals surface area (Å²) in [5.74, 6) is 0.280. The highest BCUT2D eigenvalue weighted by Gasteiger charge is 2.33. The SMILES string of the molecule is COc1ccc(NC(=O)c2nnc([C@@H]3CCCN(S(=O)(=O)c4cccs4)C3)s2)cc1. The van der Waals surface area contributed by atoms with Gasteiger partial charge in [0.05, 0.1) is 7.11 Å². The number of sulfonamides is 1. The van der Waals surface area contributed by atoms with Crippen LogP contribution >= 0.6 is 22.7 Å². The molecule has 1 fully saturated rings. The predicted octanol–water partition coefficient (Wildman–Crippen LogP) is 3.43. The lowest BCUT2D eigenvalue weighted by atomic mass is 10.0. The first kappa shape index (κ1) is 20.9. The van der Waals surface area contributed by atoms with E-state index in [-0.39, 0.29) is 16.8 Å². The number of hydrogen-bond acceptors (Lipinski definition) is 8. The van der Waals surface area contributed by atoms with Crippen LogP contribution in [0.25, 0.3) is 0 Å². The number of aromatic nitrogens is 2. The van der Waals surface area contributed by atoms with Gasteiger partial charge in [-0.3, -0.25) is 4.79 Å². The van der Waals surface area contributed by atoms with Crippen molar-refractivity contribution in [2.75, 3.05) is 25.5 Å². The molecule has 0 bridgehead atoms.